The minimum atomic E-state index is -4.40. The van der Waals surface area contributed by atoms with E-state index in [4.69, 9.17) is 4.74 Å². The van der Waals surface area contributed by atoms with Gasteiger partial charge in [-0.2, -0.15) is 13.2 Å². The summed E-state index contributed by atoms with van der Waals surface area (Å²) in [4.78, 5) is 15.3. The maximum Gasteiger partial charge on any atom is 0.417 e. The van der Waals surface area contributed by atoms with Crippen LogP contribution in [0.15, 0.2) is 48.8 Å². The number of halogens is 3. The lowest BCUT2D eigenvalue weighted by molar-refractivity contribution is -0.137. The highest BCUT2D eigenvalue weighted by molar-refractivity contribution is 5.77. The molecule has 0 fully saturated rings. The molecule has 0 bridgehead atoms. The van der Waals surface area contributed by atoms with Gasteiger partial charge in [-0.15, -0.1) is 0 Å². The largest absolute Gasteiger partial charge is 0.486 e. The van der Waals surface area contributed by atoms with Crippen molar-refractivity contribution in [3.63, 3.8) is 0 Å². The summed E-state index contributed by atoms with van der Waals surface area (Å²) < 4.78 is 45.0. The molecule has 1 aromatic carbocycles. The third kappa shape index (κ3) is 3.40. The topological polar surface area (TPSA) is 43.6 Å². The zero-order valence-corrected chi connectivity index (χ0v) is 12.7. The molecule has 0 saturated carbocycles. The van der Waals surface area contributed by atoms with Crippen LogP contribution < -0.4 is 4.74 Å². The fourth-order valence-electron chi connectivity index (χ4n) is 2.23. The van der Waals surface area contributed by atoms with Crippen LogP contribution in [0.3, 0.4) is 0 Å². The van der Waals surface area contributed by atoms with Gasteiger partial charge in [0.05, 0.1) is 11.3 Å². The first-order chi connectivity index (χ1) is 11.3. The Hall–Kier alpha value is -2.83. The maximum atomic E-state index is 12.8. The van der Waals surface area contributed by atoms with Crippen LogP contribution in [0.4, 0.5) is 13.2 Å². The second kappa shape index (κ2) is 5.99. The van der Waals surface area contributed by atoms with Crippen LogP contribution in [-0.4, -0.2) is 21.8 Å². The molecule has 124 valence electrons. The molecule has 0 radical (unpaired) electrons. The summed E-state index contributed by atoms with van der Waals surface area (Å²) in [5.74, 6) is 0.392. The van der Waals surface area contributed by atoms with Gasteiger partial charge >= 0.3 is 6.18 Å². The Labute approximate surface area is 135 Å². The van der Waals surface area contributed by atoms with Crippen molar-refractivity contribution in [3.8, 4) is 17.0 Å². The zero-order valence-electron chi connectivity index (χ0n) is 12.7. The molecule has 2 aromatic heterocycles. The van der Waals surface area contributed by atoms with Crippen molar-refractivity contribution in [2.75, 3.05) is 6.61 Å². The summed E-state index contributed by atoms with van der Waals surface area (Å²) in [7, 11) is 0. The van der Waals surface area contributed by atoms with E-state index in [1.54, 1.807) is 24.3 Å². The van der Waals surface area contributed by atoms with Crippen LogP contribution in [0, 0.1) is 0 Å². The predicted molar refractivity (Wildman–Crippen MR) is 81.8 cm³/mol. The van der Waals surface area contributed by atoms with E-state index in [0.717, 1.165) is 12.3 Å². The number of Topliss-reactive ketones (excluding diaryl/α,β-unsaturated/α-hetero) is 1. The molecule has 0 aliphatic carbocycles. The lowest BCUT2D eigenvalue weighted by atomic mass is 10.1. The molecule has 3 aromatic rings. The lowest BCUT2D eigenvalue weighted by Crippen LogP contribution is -2.06. The zero-order chi connectivity index (χ0) is 17.3. The van der Waals surface area contributed by atoms with Crippen LogP contribution in [-0.2, 0) is 11.0 Å². The van der Waals surface area contributed by atoms with E-state index < -0.39 is 11.7 Å². The number of hydrogen-bond donors (Lipinski definition) is 0. The second-order valence-corrected chi connectivity index (χ2v) is 5.33. The maximum absolute atomic E-state index is 12.8. The van der Waals surface area contributed by atoms with Crippen LogP contribution in [0.25, 0.3) is 16.9 Å². The van der Waals surface area contributed by atoms with E-state index >= 15 is 0 Å². The number of fused-ring (bicyclic) bond motifs is 1. The Bertz CT molecular complexity index is 900. The van der Waals surface area contributed by atoms with Crippen molar-refractivity contribution in [3.05, 3.63) is 54.4 Å². The molecular weight excluding hydrogens is 321 g/mol. The minimum Gasteiger partial charge on any atom is -0.486 e. The van der Waals surface area contributed by atoms with E-state index in [1.807, 2.05) is 0 Å². The van der Waals surface area contributed by atoms with Gasteiger partial charge in [-0.25, -0.2) is 4.98 Å². The van der Waals surface area contributed by atoms with Gasteiger partial charge < -0.3 is 9.14 Å². The molecule has 24 heavy (non-hydrogen) atoms. The van der Waals surface area contributed by atoms with Gasteiger partial charge in [0.15, 0.2) is 5.78 Å². The lowest BCUT2D eigenvalue weighted by Gasteiger charge is -2.05. The Morgan fingerprint density at radius 3 is 2.71 bits per heavy atom. The summed E-state index contributed by atoms with van der Waals surface area (Å²) in [5, 5.41) is 0. The first kappa shape index (κ1) is 16.0. The molecule has 3 rings (SSSR count). The molecule has 0 saturated heterocycles. The number of carbonyl (C=O) groups excluding carboxylic acids is 1. The third-order valence-corrected chi connectivity index (χ3v) is 3.35. The normalized spacial score (nSPS) is 11.7. The molecule has 0 amide bonds. The van der Waals surface area contributed by atoms with E-state index in [2.05, 4.69) is 4.98 Å². The Morgan fingerprint density at radius 1 is 1.21 bits per heavy atom. The minimum absolute atomic E-state index is 0.0381. The van der Waals surface area contributed by atoms with Gasteiger partial charge in [0.1, 0.15) is 18.0 Å². The summed E-state index contributed by atoms with van der Waals surface area (Å²) >= 11 is 0. The molecule has 0 unspecified atom stereocenters. The van der Waals surface area contributed by atoms with Crippen molar-refractivity contribution >= 4 is 11.4 Å². The number of pyridine rings is 1. The van der Waals surface area contributed by atoms with Crippen LogP contribution in [0.2, 0.25) is 0 Å². The summed E-state index contributed by atoms with van der Waals surface area (Å²) in [6.45, 7) is 1.38. The average molecular weight is 334 g/mol. The molecule has 0 aliphatic heterocycles. The number of carbonyl (C=O) groups is 1. The number of nitrogens with zero attached hydrogens (tertiary/aromatic N) is 2. The second-order valence-electron chi connectivity index (χ2n) is 5.33. The summed E-state index contributed by atoms with van der Waals surface area (Å²) in [5.41, 5.74) is 0.876. The van der Waals surface area contributed by atoms with Gasteiger partial charge in [0.25, 0.3) is 0 Å². The Kier molecular flexibility index (Phi) is 4.01. The predicted octanol–water partition coefficient (Wildman–Crippen LogP) is 3.99. The molecule has 0 atom stereocenters. The number of ketones is 1. The Balaban J connectivity index is 1.95. The molecule has 4 nitrogen and oxygen atoms in total. The molecule has 7 heteroatoms. The van der Waals surface area contributed by atoms with E-state index in [9.17, 15) is 18.0 Å². The quantitative estimate of drug-likeness (QED) is 0.725. The number of aromatic nitrogens is 2. The van der Waals surface area contributed by atoms with Crippen molar-refractivity contribution in [1.82, 2.24) is 9.38 Å². The van der Waals surface area contributed by atoms with Crippen LogP contribution >= 0.6 is 0 Å². The smallest absolute Gasteiger partial charge is 0.417 e. The number of hydrogen-bond acceptors (Lipinski definition) is 3. The highest BCUT2D eigenvalue weighted by Crippen LogP contribution is 2.30. The third-order valence-electron chi connectivity index (χ3n) is 3.35. The number of alkyl halides is 3. The number of imidazole rings is 1. The van der Waals surface area contributed by atoms with E-state index in [1.165, 1.54) is 23.6 Å². The first-order valence-corrected chi connectivity index (χ1v) is 7.11. The van der Waals surface area contributed by atoms with Gasteiger partial charge in [-0.3, -0.25) is 4.79 Å². The monoisotopic (exact) mass is 334 g/mol. The van der Waals surface area contributed by atoms with Crippen molar-refractivity contribution in [2.24, 2.45) is 0 Å². The molecule has 2 heterocycles. The molecular formula is C17H13F3N2O2. The summed E-state index contributed by atoms with van der Waals surface area (Å²) in [6.07, 6.45) is -1.88. The van der Waals surface area contributed by atoms with Gasteiger partial charge in [0.2, 0.25) is 0 Å². The Morgan fingerprint density at radius 2 is 2.00 bits per heavy atom. The van der Waals surface area contributed by atoms with Crippen molar-refractivity contribution in [2.45, 2.75) is 13.1 Å². The van der Waals surface area contributed by atoms with Crippen LogP contribution in [0.5, 0.6) is 5.75 Å². The number of rotatable bonds is 4. The first-order valence-electron chi connectivity index (χ1n) is 7.11. The molecule has 0 spiro atoms. The average Bonchev–Trinajstić information content (AvgIpc) is 2.95. The number of benzene rings is 1. The van der Waals surface area contributed by atoms with Gasteiger partial charge in [-0.1, -0.05) is 12.1 Å². The number of ether oxygens (including phenoxy) is 1. The highest BCUT2D eigenvalue weighted by atomic mass is 19.4. The van der Waals surface area contributed by atoms with Crippen molar-refractivity contribution < 1.29 is 22.7 Å². The highest BCUT2D eigenvalue weighted by Gasteiger charge is 2.30. The SMILES string of the molecule is CC(=O)COc1cccc(-c2cn3cc(C(F)(F)F)ccc3n2)c1. The standard InChI is InChI=1S/C17H13F3N2O2/c1-11(23)10-24-14-4-2-3-12(7-14)15-9-22-8-13(17(18,19)20)5-6-16(22)21-15/h2-9H,10H2,1H3. The summed E-state index contributed by atoms with van der Waals surface area (Å²) in [6, 6.07) is 9.21. The van der Waals surface area contributed by atoms with Gasteiger partial charge in [-0.05, 0) is 31.2 Å². The van der Waals surface area contributed by atoms with Crippen LogP contribution in [0.1, 0.15) is 12.5 Å². The van der Waals surface area contributed by atoms with Crippen molar-refractivity contribution in [1.29, 1.82) is 0 Å². The molecule has 0 N–H and O–H groups in total. The fraction of sp³-hybridized carbons (Fsp3) is 0.176. The van der Waals surface area contributed by atoms with E-state index in [-0.39, 0.29) is 12.4 Å². The van der Waals surface area contributed by atoms with E-state index in [0.29, 0.717) is 22.7 Å². The fourth-order valence-corrected chi connectivity index (χ4v) is 2.23. The molecule has 0 aliphatic rings. The van der Waals surface area contributed by atoms with Gasteiger partial charge in [0, 0.05) is 18.0 Å².